The zero-order chi connectivity index (χ0) is 12.6. The van der Waals surface area contributed by atoms with Gasteiger partial charge in [-0.15, -0.1) is 0 Å². The molecule has 2 saturated carbocycles. The quantitative estimate of drug-likeness (QED) is 0.603. The molecule has 0 aliphatic heterocycles. The molecule has 1 aromatic carbocycles. The molecule has 0 bridgehead atoms. The molecule has 0 heterocycles. The molecule has 2 aliphatic rings. The zero-order valence-electron chi connectivity index (χ0n) is 9.99. The van der Waals surface area contributed by atoms with Crippen LogP contribution in [0.4, 0.5) is 0 Å². The van der Waals surface area contributed by atoms with Gasteiger partial charge in [0.1, 0.15) is 11.3 Å². The van der Waals surface area contributed by atoms with E-state index in [2.05, 4.69) is 4.99 Å². The molecule has 4 heteroatoms. The van der Waals surface area contributed by atoms with Crippen molar-refractivity contribution in [3.63, 3.8) is 0 Å². The molecular formula is C14H14ClNO2. The Morgan fingerprint density at radius 2 is 2.22 bits per heavy atom. The Morgan fingerprint density at radius 3 is 2.83 bits per heavy atom. The molecule has 1 aromatic rings. The summed E-state index contributed by atoms with van der Waals surface area (Å²) in [4.78, 5) is 14.5. The maximum Gasteiger partial charge on any atom is 0.235 e. The van der Waals surface area contributed by atoms with Gasteiger partial charge < -0.3 is 4.74 Å². The van der Waals surface area contributed by atoms with E-state index in [-0.39, 0.29) is 0 Å². The van der Waals surface area contributed by atoms with Gasteiger partial charge in [0, 0.05) is 5.56 Å². The summed E-state index contributed by atoms with van der Waals surface area (Å²) in [6, 6.07) is 5.64. The van der Waals surface area contributed by atoms with Gasteiger partial charge in [0.2, 0.25) is 6.08 Å². The van der Waals surface area contributed by atoms with Crippen molar-refractivity contribution in [2.24, 2.45) is 10.9 Å². The topological polar surface area (TPSA) is 38.7 Å². The number of rotatable bonds is 5. The lowest BCUT2D eigenvalue weighted by Gasteiger charge is -2.16. The zero-order valence-corrected chi connectivity index (χ0v) is 10.7. The fourth-order valence-electron chi connectivity index (χ4n) is 2.15. The Balaban J connectivity index is 1.92. The Morgan fingerprint density at radius 1 is 1.44 bits per heavy atom. The number of nitrogens with zero attached hydrogens (tertiary/aromatic N) is 1. The molecule has 2 aliphatic carbocycles. The van der Waals surface area contributed by atoms with E-state index in [0.29, 0.717) is 23.3 Å². The van der Waals surface area contributed by atoms with Crippen LogP contribution in [0.5, 0.6) is 5.75 Å². The Kier molecular flexibility index (Phi) is 2.89. The molecule has 18 heavy (non-hydrogen) atoms. The summed E-state index contributed by atoms with van der Waals surface area (Å²) >= 11 is 6.20. The van der Waals surface area contributed by atoms with Crippen LogP contribution in [0.3, 0.4) is 0 Å². The Hall–Kier alpha value is -1.31. The van der Waals surface area contributed by atoms with E-state index in [1.165, 1.54) is 12.8 Å². The third-order valence-electron chi connectivity index (χ3n) is 3.61. The molecule has 3 rings (SSSR count). The predicted octanol–water partition coefficient (Wildman–Crippen LogP) is 3.45. The number of hydrogen-bond acceptors (Lipinski definition) is 3. The van der Waals surface area contributed by atoms with Crippen molar-refractivity contribution in [2.75, 3.05) is 6.61 Å². The van der Waals surface area contributed by atoms with Crippen LogP contribution in [-0.4, -0.2) is 12.7 Å². The van der Waals surface area contributed by atoms with Gasteiger partial charge in [-0.2, -0.15) is 4.99 Å². The van der Waals surface area contributed by atoms with E-state index < -0.39 is 5.54 Å². The summed E-state index contributed by atoms with van der Waals surface area (Å²) in [6.45, 7) is 0.706. The average molecular weight is 264 g/mol. The van der Waals surface area contributed by atoms with Crippen LogP contribution in [0, 0.1) is 5.92 Å². The summed E-state index contributed by atoms with van der Waals surface area (Å²) in [7, 11) is 0. The molecule has 0 unspecified atom stereocenters. The number of para-hydroxylation sites is 1. The SMILES string of the molecule is O=C=NC1(c2cccc(Cl)c2OCC2CC2)CC1. The van der Waals surface area contributed by atoms with Gasteiger partial charge in [-0.05, 0) is 37.7 Å². The normalized spacial score (nSPS) is 20.1. The summed E-state index contributed by atoms with van der Waals surface area (Å²) in [5.41, 5.74) is 0.505. The van der Waals surface area contributed by atoms with Crippen molar-refractivity contribution in [3.05, 3.63) is 28.8 Å². The van der Waals surface area contributed by atoms with Gasteiger partial charge in [-0.1, -0.05) is 23.7 Å². The van der Waals surface area contributed by atoms with Gasteiger partial charge in [0.05, 0.1) is 11.6 Å². The maximum absolute atomic E-state index is 10.5. The number of carbonyl (C=O) groups excluding carboxylic acids is 1. The fourth-order valence-corrected chi connectivity index (χ4v) is 2.38. The number of benzene rings is 1. The summed E-state index contributed by atoms with van der Waals surface area (Å²) in [5, 5.41) is 0.598. The second kappa shape index (κ2) is 4.42. The van der Waals surface area contributed by atoms with Crippen molar-refractivity contribution in [1.82, 2.24) is 0 Å². The number of isocyanates is 1. The highest BCUT2D eigenvalue weighted by Crippen LogP contribution is 2.53. The minimum absolute atomic E-state index is 0.425. The first-order valence-corrected chi connectivity index (χ1v) is 6.64. The number of ether oxygens (including phenoxy) is 1. The van der Waals surface area contributed by atoms with Gasteiger partial charge >= 0.3 is 0 Å². The molecule has 2 fully saturated rings. The molecule has 94 valence electrons. The summed E-state index contributed by atoms with van der Waals surface area (Å²) < 4.78 is 5.84. The minimum Gasteiger partial charge on any atom is -0.491 e. The lowest BCUT2D eigenvalue weighted by Crippen LogP contribution is -2.08. The molecule has 0 amide bonds. The second-order valence-electron chi connectivity index (χ2n) is 5.11. The molecular weight excluding hydrogens is 250 g/mol. The van der Waals surface area contributed by atoms with Crippen LogP contribution in [0.2, 0.25) is 5.02 Å². The Bertz CT molecular complexity index is 515. The fraction of sp³-hybridized carbons (Fsp3) is 0.500. The van der Waals surface area contributed by atoms with E-state index in [1.54, 1.807) is 6.08 Å². The van der Waals surface area contributed by atoms with Gasteiger partial charge in [0.25, 0.3) is 0 Å². The van der Waals surface area contributed by atoms with E-state index in [0.717, 1.165) is 18.4 Å². The van der Waals surface area contributed by atoms with Crippen molar-refractivity contribution < 1.29 is 9.53 Å². The summed E-state index contributed by atoms with van der Waals surface area (Å²) in [6.07, 6.45) is 5.86. The molecule has 0 N–H and O–H groups in total. The van der Waals surface area contributed by atoms with E-state index in [9.17, 15) is 4.79 Å². The number of aliphatic imine (C=N–C) groups is 1. The average Bonchev–Trinajstić information content (AvgIpc) is 3.23. The molecule has 0 aromatic heterocycles. The minimum atomic E-state index is -0.425. The smallest absolute Gasteiger partial charge is 0.235 e. The molecule has 0 radical (unpaired) electrons. The second-order valence-corrected chi connectivity index (χ2v) is 5.51. The van der Waals surface area contributed by atoms with Gasteiger partial charge in [-0.3, -0.25) is 0 Å². The lowest BCUT2D eigenvalue weighted by molar-refractivity contribution is 0.294. The monoisotopic (exact) mass is 263 g/mol. The maximum atomic E-state index is 10.5. The third-order valence-corrected chi connectivity index (χ3v) is 3.91. The highest BCUT2D eigenvalue weighted by atomic mass is 35.5. The van der Waals surface area contributed by atoms with E-state index >= 15 is 0 Å². The van der Waals surface area contributed by atoms with Crippen molar-refractivity contribution in [3.8, 4) is 5.75 Å². The van der Waals surface area contributed by atoms with Gasteiger partial charge in [0.15, 0.2) is 0 Å². The van der Waals surface area contributed by atoms with Crippen LogP contribution >= 0.6 is 11.6 Å². The predicted molar refractivity (Wildman–Crippen MR) is 68.7 cm³/mol. The largest absolute Gasteiger partial charge is 0.491 e. The number of hydrogen-bond donors (Lipinski definition) is 0. The van der Waals surface area contributed by atoms with Gasteiger partial charge in [-0.25, -0.2) is 4.79 Å². The molecule has 0 atom stereocenters. The lowest BCUT2D eigenvalue weighted by atomic mass is 10.0. The van der Waals surface area contributed by atoms with Crippen molar-refractivity contribution in [2.45, 2.75) is 31.2 Å². The van der Waals surface area contributed by atoms with Crippen molar-refractivity contribution in [1.29, 1.82) is 0 Å². The molecule has 0 spiro atoms. The number of halogens is 1. The standard InChI is InChI=1S/C14H14ClNO2/c15-12-3-1-2-11(14(6-7-14)16-9-17)13(12)18-8-10-4-5-10/h1-3,10H,4-8H2. The van der Waals surface area contributed by atoms with Crippen LogP contribution in [-0.2, 0) is 10.3 Å². The highest BCUT2D eigenvalue weighted by molar-refractivity contribution is 6.32. The molecule has 0 saturated heterocycles. The molecule has 3 nitrogen and oxygen atoms in total. The van der Waals surface area contributed by atoms with Crippen LogP contribution in [0.25, 0.3) is 0 Å². The van der Waals surface area contributed by atoms with Crippen LogP contribution in [0.1, 0.15) is 31.2 Å². The van der Waals surface area contributed by atoms with E-state index in [1.807, 2.05) is 18.2 Å². The first-order valence-electron chi connectivity index (χ1n) is 6.26. The first-order chi connectivity index (χ1) is 8.75. The van der Waals surface area contributed by atoms with E-state index in [4.69, 9.17) is 16.3 Å². The van der Waals surface area contributed by atoms with Crippen LogP contribution < -0.4 is 4.74 Å². The first kappa shape index (κ1) is 11.8. The van der Waals surface area contributed by atoms with Crippen LogP contribution in [0.15, 0.2) is 23.2 Å². The van der Waals surface area contributed by atoms with Crippen molar-refractivity contribution >= 4 is 17.7 Å². The Labute approximate surface area is 111 Å². The third kappa shape index (κ3) is 2.16. The highest BCUT2D eigenvalue weighted by Gasteiger charge is 2.47. The summed E-state index contributed by atoms with van der Waals surface area (Å²) in [5.74, 6) is 1.36.